The van der Waals surface area contributed by atoms with Gasteiger partial charge in [-0.15, -0.1) is 11.3 Å². The maximum Gasteiger partial charge on any atom is 0.416 e. The number of ether oxygens (including phenoxy) is 1. The molecule has 5 nitrogen and oxygen atoms in total. The van der Waals surface area contributed by atoms with E-state index in [0.717, 1.165) is 28.6 Å². The Labute approximate surface area is 154 Å². The molecule has 0 saturated carbocycles. The van der Waals surface area contributed by atoms with Crippen molar-refractivity contribution in [1.29, 1.82) is 0 Å². The van der Waals surface area contributed by atoms with Crippen molar-refractivity contribution in [2.45, 2.75) is 22.3 Å². The van der Waals surface area contributed by atoms with Crippen molar-refractivity contribution in [1.82, 2.24) is 4.98 Å². The van der Waals surface area contributed by atoms with Crippen molar-refractivity contribution in [3.05, 3.63) is 52.1 Å². The van der Waals surface area contributed by atoms with Crippen LogP contribution in [-0.4, -0.2) is 16.5 Å². The maximum absolute atomic E-state index is 12.8. The lowest BCUT2D eigenvalue weighted by Crippen LogP contribution is -2.05. The molecule has 1 aromatic heterocycles. The van der Waals surface area contributed by atoms with Gasteiger partial charge in [-0.25, -0.2) is 4.98 Å². The van der Waals surface area contributed by atoms with Gasteiger partial charge in [-0.05, 0) is 37.3 Å². The molecule has 136 valence electrons. The molecule has 3 rings (SSSR count). The van der Waals surface area contributed by atoms with Gasteiger partial charge in [-0.1, -0.05) is 11.8 Å². The van der Waals surface area contributed by atoms with Gasteiger partial charge in [0.2, 0.25) is 0 Å². The molecule has 0 atom stereocenters. The first kappa shape index (κ1) is 18.5. The van der Waals surface area contributed by atoms with Crippen molar-refractivity contribution in [3.8, 4) is 5.75 Å². The summed E-state index contributed by atoms with van der Waals surface area (Å²) in [5.41, 5.74) is -0.964. The molecule has 0 unspecified atom stereocenters. The minimum absolute atomic E-state index is 0.104. The Morgan fingerprint density at radius 1 is 1.27 bits per heavy atom. The SMILES string of the molecule is CCOc1ccc2nc(Sc3ccc(C(F)(F)F)cc3[N+](=O)[O-])sc2c1. The van der Waals surface area contributed by atoms with Crippen LogP contribution in [0.5, 0.6) is 5.75 Å². The molecular formula is C16H11F3N2O3S2. The normalized spacial score (nSPS) is 11.7. The van der Waals surface area contributed by atoms with E-state index in [1.807, 2.05) is 13.0 Å². The molecule has 0 amide bonds. The van der Waals surface area contributed by atoms with Crippen LogP contribution in [0.3, 0.4) is 0 Å². The lowest BCUT2D eigenvalue weighted by atomic mass is 10.2. The number of rotatable bonds is 5. The smallest absolute Gasteiger partial charge is 0.416 e. The number of alkyl halides is 3. The Bertz CT molecular complexity index is 973. The summed E-state index contributed by atoms with van der Waals surface area (Å²) >= 11 is 2.25. The molecule has 1 heterocycles. The fraction of sp³-hybridized carbons (Fsp3) is 0.188. The summed E-state index contributed by atoms with van der Waals surface area (Å²) in [6.45, 7) is 2.38. The van der Waals surface area contributed by atoms with Crippen LogP contribution >= 0.6 is 23.1 Å². The highest BCUT2D eigenvalue weighted by atomic mass is 32.2. The van der Waals surface area contributed by atoms with Crippen LogP contribution in [0.15, 0.2) is 45.6 Å². The monoisotopic (exact) mass is 400 g/mol. The topological polar surface area (TPSA) is 65.3 Å². The quantitative estimate of drug-likeness (QED) is 0.402. The number of halogens is 3. The van der Waals surface area contributed by atoms with Gasteiger partial charge in [0.1, 0.15) is 5.75 Å². The minimum Gasteiger partial charge on any atom is -0.494 e. The summed E-state index contributed by atoms with van der Waals surface area (Å²) in [5.74, 6) is 0.681. The van der Waals surface area contributed by atoms with Crippen LogP contribution in [0.1, 0.15) is 12.5 Å². The van der Waals surface area contributed by atoms with Crippen molar-refractivity contribution in [3.63, 3.8) is 0 Å². The van der Waals surface area contributed by atoms with Crippen molar-refractivity contribution in [2.24, 2.45) is 0 Å². The van der Waals surface area contributed by atoms with E-state index < -0.39 is 22.4 Å². The average Bonchev–Trinajstić information content (AvgIpc) is 2.95. The van der Waals surface area contributed by atoms with Crippen LogP contribution < -0.4 is 4.74 Å². The van der Waals surface area contributed by atoms with Crippen LogP contribution in [-0.2, 0) is 6.18 Å². The lowest BCUT2D eigenvalue weighted by Gasteiger charge is -2.07. The van der Waals surface area contributed by atoms with E-state index in [4.69, 9.17) is 4.74 Å². The fourth-order valence-electron chi connectivity index (χ4n) is 2.20. The summed E-state index contributed by atoms with van der Waals surface area (Å²) in [6, 6.07) is 7.81. The van der Waals surface area contributed by atoms with Gasteiger partial charge in [-0.3, -0.25) is 10.1 Å². The second-order valence-electron chi connectivity index (χ2n) is 5.08. The number of fused-ring (bicyclic) bond motifs is 1. The first-order valence-corrected chi connectivity index (χ1v) is 8.98. The fourth-order valence-corrected chi connectivity index (χ4v) is 4.34. The van der Waals surface area contributed by atoms with Crippen molar-refractivity contribution < 1.29 is 22.8 Å². The van der Waals surface area contributed by atoms with Gasteiger partial charge in [0.25, 0.3) is 5.69 Å². The van der Waals surface area contributed by atoms with Crippen LogP contribution in [0, 0.1) is 10.1 Å². The molecule has 0 fully saturated rings. The van der Waals surface area contributed by atoms with E-state index in [2.05, 4.69) is 4.98 Å². The molecule has 0 spiro atoms. The van der Waals surface area contributed by atoms with Crippen LogP contribution in [0.4, 0.5) is 18.9 Å². The van der Waals surface area contributed by atoms with E-state index in [-0.39, 0.29) is 4.90 Å². The number of nitrogens with zero attached hydrogens (tertiary/aromatic N) is 2. The molecule has 0 radical (unpaired) electrons. The average molecular weight is 400 g/mol. The highest BCUT2D eigenvalue weighted by molar-refractivity contribution is 8.01. The van der Waals surface area contributed by atoms with E-state index in [1.54, 1.807) is 12.1 Å². The molecule has 26 heavy (non-hydrogen) atoms. The zero-order valence-corrected chi connectivity index (χ0v) is 14.9. The second kappa shape index (κ2) is 7.12. The van der Waals surface area contributed by atoms with Crippen LogP contribution in [0.25, 0.3) is 10.2 Å². The summed E-state index contributed by atoms with van der Waals surface area (Å²) in [6.07, 6.45) is -4.64. The van der Waals surface area contributed by atoms with Crippen molar-refractivity contribution in [2.75, 3.05) is 6.61 Å². The third-order valence-corrected chi connectivity index (χ3v) is 5.48. The van der Waals surface area contributed by atoms with Gasteiger partial charge < -0.3 is 4.74 Å². The summed E-state index contributed by atoms with van der Waals surface area (Å²) in [4.78, 5) is 14.8. The number of benzene rings is 2. The Morgan fingerprint density at radius 2 is 2.04 bits per heavy atom. The largest absolute Gasteiger partial charge is 0.494 e. The number of hydrogen-bond acceptors (Lipinski definition) is 6. The summed E-state index contributed by atoms with van der Waals surface area (Å²) in [5, 5.41) is 11.2. The summed E-state index contributed by atoms with van der Waals surface area (Å²) in [7, 11) is 0. The van der Waals surface area contributed by atoms with Gasteiger partial charge in [0, 0.05) is 6.07 Å². The van der Waals surface area contributed by atoms with Gasteiger partial charge in [0.15, 0.2) is 4.34 Å². The predicted molar refractivity (Wildman–Crippen MR) is 93.0 cm³/mol. The standard InChI is InChI=1S/C16H11F3N2O3S2/c1-2-24-10-4-5-11-14(8-10)26-15(20-11)25-13-6-3-9(16(17,18)19)7-12(13)21(22)23/h3-8H,2H2,1H3. The number of nitro groups is 1. The van der Waals surface area contributed by atoms with Gasteiger partial charge in [-0.2, -0.15) is 13.2 Å². The molecule has 0 bridgehead atoms. The van der Waals surface area contributed by atoms with Gasteiger partial charge >= 0.3 is 6.18 Å². The van der Waals surface area contributed by atoms with E-state index in [9.17, 15) is 23.3 Å². The molecule has 0 N–H and O–H groups in total. The molecule has 0 saturated heterocycles. The second-order valence-corrected chi connectivity index (χ2v) is 7.40. The third kappa shape index (κ3) is 3.91. The number of thiazole rings is 1. The van der Waals surface area contributed by atoms with Gasteiger partial charge in [0.05, 0.1) is 32.2 Å². The van der Waals surface area contributed by atoms with Crippen molar-refractivity contribution >= 4 is 39.0 Å². The Morgan fingerprint density at radius 3 is 2.69 bits per heavy atom. The first-order chi connectivity index (χ1) is 12.3. The van der Waals surface area contributed by atoms with E-state index in [1.165, 1.54) is 11.3 Å². The summed E-state index contributed by atoms with van der Waals surface area (Å²) < 4.78 is 45.1. The Balaban J connectivity index is 1.95. The maximum atomic E-state index is 12.8. The molecular weight excluding hydrogens is 389 g/mol. The predicted octanol–water partition coefficient (Wildman–Crippen LogP) is 5.77. The van der Waals surface area contributed by atoms with E-state index in [0.29, 0.717) is 28.3 Å². The molecule has 0 aliphatic carbocycles. The molecule has 10 heteroatoms. The highest BCUT2D eigenvalue weighted by Gasteiger charge is 2.33. The number of nitro benzene ring substituents is 1. The van der Waals surface area contributed by atoms with Crippen LogP contribution in [0.2, 0.25) is 0 Å². The Kier molecular flexibility index (Phi) is 5.05. The number of aromatic nitrogens is 1. The zero-order chi connectivity index (χ0) is 18.9. The minimum atomic E-state index is -4.64. The molecule has 2 aromatic carbocycles. The molecule has 3 aromatic rings. The third-order valence-electron chi connectivity index (χ3n) is 3.33. The number of hydrogen-bond donors (Lipinski definition) is 0. The zero-order valence-electron chi connectivity index (χ0n) is 13.2. The highest BCUT2D eigenvalue weighted by Crippen LogP contribution is 2.41. The molecule has 0 aliphatic heterocycles. The first-order valence-electron chi connectivity index (χ1n) is 7.35. The van der Waals surface area contributed by atoms with E-state index >= 15 is 0 Å². The molecule has 0 aliphatic rings. The Hall–Kier alpha value is -2.33. The lowest BCUT2D eigenvalue weighted by molar-refractivity contribution is -0.388.